The molecular formula is C16H18N2O2. The summed E-state index contributed by atoms with van der Waals surface area (Å²) in [7, 11) is 1.61. The van der Waals surface area contributed by atoms with E-state index in [-0.39, 0.29) is 5.91 Å². The van der Waals surface area contributed by atoms with Gasteiger partial charge >= 0.3 is 0 Å². The van der Waals surface area contributed by atoms with Crippen molar-refractivity contribution >= 4 is 17.3 Å². The molecule has 0 atom stereocenters. The molecule has 2 aromatic rings. The first-order valence-corrected chi connectivity index (χ1v) is 6.53. The van der Waals surface area contributed by atoms with Crippen LogP contribution in [0.1, 0.15) is 17.3 Å². The first-order valence-electron chi connectivity index (χ1n) is 6.53. The normalized spacial score (nSPS) is 9.90. The highest BCUT2D eigenvalue weighted by Gasteiger charge is 2.10. The number of ether oxygens (including phenoxy) is 1. The summed E-state index contributed by atoms with van der Waals surface area (Å²) in [6, 6.07) is 14.7. The average molecular weight is 270 g/mol. The number of benzene rings is 2. The average Bonchev–Trinajstić information content (AvgIpc) is 2.49. The van der Waals surface area contributed by atoms with Crippen molar-refractivity contribution in [2.45, 2.75) is 6.92 Å². The third-order valence-electron chi connectivity index (χ3n) is 2.89. The number of para-hydroxylation sites is 1. The zero-order chi connectivity index (χ0) is 14.4. The van der Waals surface area contributed by atoms with Crippen molar-refractivity contribution in [2.75, 3.05) is 24.3 Å². The number of nitrogens with one attached hydrogen (secondary N) is 2. The van der Waals surface area contributed by atoms with Crippen LogP contribution >= 0.6 is 0 Å². The molecule has 0 saturated carbocycles. The Balaban J connectivity index is 2.15. The fourth-order valence-electron chi connectivity index (χ4n) is 1.90. The third kappa shape index (κ3) is 3.29. The van der Waals surface area contributed by atoms with Gasteiger partial charge in [0.05, 0.1) is 12.7 Å². The number of rotatable bonds is 5. The van der Waals surface area contributed by atoms with E-state index in [0.717, 1.165) is 23.7 Å². The van der Waals surface area contributed by atoms with Gasteiger partial charge < -0.3 is 15.4 Å². The zero-order valence-electron chi connectivity index (χ0n) is 11.6. The summed E-state index contributed by atoms with van der Waals surface area (Å²) in [6.45, 7) is 2.77. The number of amides is 1. The lowest BCUT2D eigenvalue weighted by atomic mass is 10.1. The number of anilines is 2. The molecule has 0 saturated heterocycles. The van der Waals surface area contributed by atoms with Crippen molar-refractivity contribution < 1.29 is 9.53 Å². The summed E-state index contributed by atoms with van der Waals surface area (Å²) >= 11 is 0. The van der Waals surface area contributed by atoms with E-state index in [1.54, 1.807) is 13.2 Å². The molecule has 0 aliphatic heterocycles. The largest absolute Gasteiger partial charge is 0.497 e. The van der Waals surface area contributed by atoms with Crippen LogP contribution in [0.2, 0.25) is 0 Å². The van der Waals surface area contributed by atoms with Gasteiger partial charge in [-0.05, 0) is 43.3 Å². The highest BCUT2D eigenvalue weighted by atomic mass is 16.5. The van der Waals surface area contributed by atoms with E-state index in [4.69, 9.17) is 4.74 Å². The van der Waals surface area contributed by atoms with E-state index in [9.17, 15) is 4.79 Å². The number of hydrogen-bond acceptors (Lipinski definition) is 3. The number of carbonyl (C=O) groups excluding carboxylic acids is 1. The molecule has 2 N–H and O–H groups in total. The van der Waals surface area contributed by atoms with Gasteiger partial charge in [-0.3, -0.25) is 4.79 Å². The van der Waals surface area contributed by atoms with Crippen molar-refractivity contribution in [1.82, 2.24) is 0 Å². The maximum atomic E-state index is 12.3. The lowest BCUT2D eigenvalue weighted by Gasteiger charge is -2.11. The minimum Gasteiger partial charge on any atom is -0.497 e. The molecule has 0 aliphatic carbocycles. The van der Waals surface area contributed by atoms with Crippen molar-refractivity contribution in [3.8, 4) is 5.75 Å². The van der Waals surface area contributed by atoms with Crippen LogP contribution in [0.15, 0.2) is 48.5 Å². The second kappa shape index (κ2) is 6.61. The van der Waals surface area contributed by atoms with Gasteiger partial charge in [-0.1, -0.05) is 12.1 Å². The molecule has 4 heteroatoms. The fourth-order valence-corrected chi connectivity index (χ4v) is 1.90. The van der Waals surface area contributed by atoms with Crippen LogP contribution < -0.4 is 15.4 Å². The Hall–Kier alpha value is -2.49. The second-order valence-corrected chi connectivity index (χ2v) is 4.26. The number of hydrogen-bond donors (Lipinski definition) is 2. The smallest absolute Gasteiger partial charge is 0.257 e. The van der Waals surface area contributed by atoms with Crippen molar-refractivity contribution in [3.05, 3.63) is 54.1 Å². The molecule has 1 amide bonds. The third-order valence-corrected chi connectivity index (χ3v) is 2.89. The highest BCUT2D eigenvalue weighted by molar-refractivity contribution is 6.08. The number of carbonyl (C=O) groups is 1. The maximum Gasteiger partial charge on any atom is 0.257 e. The Morgan fingerprint density at radius 1 is 1.10 bits per heavy atom. The molecule has 0 unspecified atom stereocenters. The summed E-state index contributed by atoms with van der Waals surface area (Å²) in [5.41, 5.74) is 2.20. The first-order chi connectivity index (χ1) is 9.74. The molecule has 0 fully saturated rings. The SMILES string of the molecule is CCNc1ccccc1C(=O)Nc1ccc(OC)cc1. The predicted molar refractivity (Wildman–Crippen MR) is 81.6 cm³/mol. The summed E-state index contributed by atoms with van der Waals surface area (Å²) in [5, 5.41) is 6.05. The number of methoxy groups -OCH3 is 1. The second-order valence-electron chi connectivity index (χ2n) is 4.26. The van der Waals surface area contributed by atoms with Gasteiger partial charge in [-0.2, -0.15) is 0 Å². The maximum absolute atomic E-state index is 12.3. The van der Waals surface area contributed by atoms with Crippen molar-refractivity contribution in [3.63, 3.8) is 0 Å². The molecule has 0 spiro atoms. The van der Waals surface area contributed by atoms with Gasteiger partial charge in [-0.15, -0.1) is 0 Å². The lowest BCUT2D eigenvalue weighted by molar-refractivity contribution is 0.102. The van der Waals surface area contributed by atoms with Crippen LogP contribution in [0.25, 0.3) is 0 Å². The molecule has 0 heterocycles. The van der Waals surface area contributed by atoms with Crippen LogP contribution in [-0.4, -0.2) is 19.6 Å². The van der Waals surface area contributed by atoms with Crippen LogP contribution in [0, 0.1) is 0 Å². The van der Waals surface area contributed by atoms with E-state index in [2.05, 4.69) is 10.6 Å². The summed E-state index contributed by atoms with van der Waals surface area (Å²) in [4.78, 5) is 12.3. The highest BCUT2D eigenvalue weighted by Crippen LogP contribution is 2.19. The van der Waals surface area contributed by atoms with E-state index >= 15 is 0 Å². The van der Waals surface area contributed by atoms with E-state index < -0.39 is 0 Å². The molecular weight excluding hydrogens is 252 g/mol. The van der Waals surface area contributed by atoms with Crippen molar-refractivity contribution in [1.29, 1.82) is 0 Å². The molecule has 20 heavy (non-hydrogen) atoms. The minimum absolute atomic E-state index is 0.133. The molecule has 2 rings (SSSR count). The van der Waals surface area contributed by atoms with E-state index in [1.165, 1.54) is 0 Å². The van der Waals surface area contributed by atoms with Crippen LogP contribution in [0.3, 0.4) is 0 Å². The first kappa shape index (κ1) is 13.9. The summed E-state index contributed by atoms with van der Waals surface area (Å²) < 4.78 is 5.09. The van der Waals surface area contributed by atoms with Crippen LogP contribution in [0.4, 0.5) is 11.4 Å². The summed E-state index contributed by atoms with van der Waals surface area (Å²) in [6.07, 6.45) is 0. The lowest BCUT2D eigenvalue weighted by Crippen LogP contribution is -2.14. The standard InChI is InChI=1S/C16H18N2O2/c1-3-17-15-7-5-4-6-14(15)16(19)18-12-8-10-13(20-2)11-9-12/h4-11,17H,3H2,1-2H3,(H,18,19). The molecule has 104 valence electrons. The topological polar surface area (TPSA) is 50.4 Å². The molecule has 2 aromatic carbocycles. The summed E-state index contributed by atoms with van der Waals surface area (Å²) in [5.74, 6) is 0.628. The molecule has 4 nitrogen and oxygen atoms in total. The van der Waals surface area contributed by atoms with Gasteiger partial charge in [0.2, 0.25) is 0 Å². The monoisotopic (exact) mass is 270 g/mol. The zero-order valence-corrected chi connectivity index (χ0v) is 11.6. The van der Waals surface area contributed by atoms with Gasteiger partial charge in [0.1, 0.15) is 5.75 Å². The van der Waals surface area contributed by atoms with Crippen molar-refractivity contribution in [2.24, 2.45) is 0 Å². The van der Waals surface area contributed by atoms with Gasteiger partial charge in [0, 0.05) is 17.9 Å². The van der Waals surface area contributed by atoms with Gasteiger partial charge in [0.15, 0.2) is 0 Å². The Labute approximate surface area is 118 Å². The molecule has 0 aliphatic rings. The quantitative estimate of drug-likeness (QED) is 0.875. The minimum atomic E-state index is -0.133. The van der Waals surface area contributed by atoms with Gasteiger partial charge in [0.25, 0.3) is 5.91 Å². The Morgan fingerprint density at radius 2 is 1.80 bits per heavy atom. The fraction of sp³-hybridized carbons (Fsp3) is 0.188. The Bertz CT molecular complexity index is 579. The molecule has 0 aromatic heterocycles. The Morgan fingerprint density at radius 3 is 2.45 bits per heavy atom. The van der Waals surface area contributed by atoms with Crippen LogP contribution in [-0.2, 0) is 0 Å². The van der Waals surface area contributed by atoms with E-state index in [1.807, 2.05) is 49.4 Å². The predicted octanol–water partition coefficient (Wildman–Crippen LogP) is 3.38. The molecule has 0 bridgehead atoms. The molecule has 0 radical (unpaired) electrons. The van der Waals surface area contributed by atoms with Gasteiger partial charge in [-0.25, -0.2) is 0 Å². The Kier molecular flexibility index (Phi) is 4.60. The van der Waals surface area contributed by atoms with E-state index in [0.29, 0.717) is 5.56 Å². The van der Waals surface area contributed by atoms with Crippen LogP contribution in [0.5, 0.6) is 5.75 Å².